The summed E-state index contributed by atoms with van der Waals surface area (Å²) in [6, 6.07) is 0. The van der Waals surface area contributed by atoms with Crippen LogP contribution in [0.25, 0.3) is 0 Å². The fourth-order valence-corrected chi connectivity index (χ4v) is 2.67. The highest BCUT2D eigenvalue weighted by Crippen LogP contribution is 2.26. The molecule has 2 aromatic carbocycles. The average Bonchev–Trinajstić information content (AvgIpc) is 2.85. The van der Waals surface area contributed by atoms with E-state index in [0.29, 0.717) is 0 Å². The zero-order chi connectivity index (χ0) is 27.2. The number of ether oxygens (including phenoxy) is 2. The van der Waals surface area contributed by atoms with E-state index in [4.69, 9.17) is 20.9 Å². The minimum atomic E-state index is -1.96. The lowest BCUT2D eigenvalue weighted by Gasteiger charge is -2.11. The third-order valence-electron chi connectivity index (χ3n) is 4.48. The number of rotatable bonds is 11. The fourth-order valence-electron chi connectivity index (χ4n) is 2.67. The Labute approximate surface area is 197 Å². The molecule has 0 saturated heterocycles. The number of nitrogens with one attached hydrogen (secondary N) is 2. The summed E-state index contributed by atoms with van der Waals surface area (Å²) in [5.41, 5.74) is 3.89. The van der Waals surface area contributed by atoms with Gasteiger partial charge in [0.2, 0.25) is 0 Å². The van der Waals surface area contributed by atoms with Crippen molar-refractivity contribution >= 4 is 23.2 Å². The number of amides is 2. The lowest BCUT2D eigenvalue weighted by Crippen LogP contribution is -2.31. The number of nitrogen functional groups attached to an aromatic ring is 2. The van der Waals surface area contributed by atoms with E-state index in [1.165, 1.54) is 0 Å². The predicted molar refractivity (Wildman–Crippen MR) is 108 cm³/mol. The zero-order valence-corrected chi connectivity index (χ0v) is 18.1. The summed E-state index contributed by atoms with van der Waals surface area (Å²) in [6.45, 7) is -1.21. The van der Waals surface area contributed by atoms with E-state index in [9.17, 15) is 44.7 Å². The maximum atomic E-state index is 13.7. The number of carbonyl (C=O) groups excluding carboxylic acids is 2. The van der Waals surface area contributed by atoms with E-state index in [2.05, 4.69) is 0 Å². The molecule has 16 heteroatoms. The molecule has 0 bridgehead atoms. The van der Waals surface area contributed by atoms with Crippen LogP contribution in [0.3, 0.4) is 0 Å². The summed E-state index contributed by atoms with van der Waals surface area (Å²) < 4.78 is 118. The summed E-state index contributed by atoms with van der Waals surface area (Å²) in [4.78, 5) is 23.6. The molecule has 0 spiro atoms. The Morgan fingerprint density at radius 2 is 0.806 bits per heavy atom. The second kappa shape index (κ2) is 12.3. The first-order chi connectivity index (χ1) is 16.9. The van der Waals surface area contributed by atoms with Gasteiger partial charge in [-0.3, -0.25) is 9.59 Å². The molecule has 8 nitrogen and oxygen atoms in total. The summed E-state index contributed by atoms with van der Waals surface area (Å²) in [5, 5.41) is 3.97. The molecular formula is C20H18F8N4O4. The summed E-state index contributed by atoms with van der Waals surface area (Å²) >= 11 is 0. The molecule has 0 unspecified atom stereocenters. The van der Waals surface area contributed by atoms with Crippen LogP contribution in [-0.4, -0.2) is 51.3 Å². The Hall–Kier alpha value is -3.66. The Kier molecular flexibility index (Phi) is 9.80. The quantitative estimate of drug-likeness (QED) is 0.153. The Morgan fingerprint density at radius 3 is 1.08 bits per heavy atom. The van der Waals surface area contributed by atoms with Crippen LogP contribution in [-0.2, 0) is 9.47 Å². The van der Waals surface area contributed by atoms with Gasteiger partial charge in [-0.2, -0.15) is 0 Å². The monoisotopic (exact) mass is 530 g/mol. The second-order valence-corrected chi connectivity index (χ2v) is 6.83. The van der Waals surface area contributed by atoms with Crippen molar-refractivity contribution in [2.45, 2.75) is 0 Å². The Balaban J connectivity index is 1.67. The number of carbonyl (C=O) groups is 2. The molecule has 0 fully saturated rings. The van der Waals surface area contributed by atoms with Crippen molar-refractivity contribution in [2.75, 3.05) is 51.0 Å². The number of anilines is 2. The van der Waals surface area contributed by atoms with Gasteiger partial charge in [0.1, 0.15) is 22.5 Å². The average molecular weight is 530 g/mol. The first-order valence-corrected chi connectivity index (χ1v) is 9.86. The third-order valence-corrected chi connectivity index (χ3v) is 4.48. The predicted octanol–water partition coefficient (Wildman–Crippen LogP) is 2.16. The van der Waals surface area contributed by atoms with E-state index < -0.39 is 80.9 Å². The second-order valence-electron chi connectivity index (χ2n) is 6.83. The smallest absolute Gasteiger partial charge is 0.257 e. The van der Waals surface area contributed by atoms with Crippen LogP contribution in [0, 0.1) is 46.5 Å². The van der Waals surface area contributed by atoms with Gasteiger partial charge in [0.25, 0.3) is 11.8 Å². The van der Waals surface area contributed by atoms with Gasteiger partial charge >= 0.3 is 0 Å². The molecule has 0 heterocycles. The first kappa shape index (κ1) is 28.6. The lowest BCUT2D eigenvalue weighted by molar-refractivity contribution is 0.0485. The summed E-state index contributed by atoms with van der Waals surface area (Å²) in [7, 11) is 0. The maximum Gasteiger partial charge on any atom is 0.257 e. The summed E-state index contributed by atoms with van der Waals surface area (Å²) in [6.07, 6.45) is 0. The lowest BCUT2D eigenvalue weighted by atomic mass is 10.1. The molecule has 0 aliphatic heterocycles. The normalized spacial score (nSPS) is 11.0. The van der Waals surface area contributed by atoms with Gasteiger partial charge in [-0.1, -0.05) is 0 Å². The van der Waals surface area contributed by atoms with E-state index in [-0.39, 0.29) is 39.5 Å². The van der Waals surface area contributed by atoms with E-state index in [1.807, 2.05) is 10.6 Å². The van der Waals surface area contributed by atoms with Gasteiger partial charge < -0.3 is 31.6 Å². The molecule has 0 saturated carbocycles. The van der Waals surface area contributed by atoms with Crippen LogP contribution >= 0.6 is 0 Å². The number of nitrogens with two attached hydrogens (primary N) is 2. The van der Waals surface area contributed by atoms with Crippen LogP contribution in [0.4, 0.5) is 46.5 Å². The van der Waals surface area contributed by atoms with E-state index >= 15 is 0 Å². The molecule has 0 aromatic heterocycles. The van der Waals surface area contributed by atoms with Gasteiger partial charge in [0, 0.05) is 13.1 Å². The number of benzene rings is 2. The van der Waals surface area contributed by atoms with Crippen LogP contribution in [0.1, 0.15) is 20.7 Å². The van der Waals surface area contributed by atoms with Gasteiger partial charge in [-0.15, -0.1) is 0 Å². The van der Waals surface area contributed by atoms with Gasteiger partial charge in [0.15, 0.2) is 46.5 Å². The number of hydrogen-bond acceptors (Lipinski definition) is 6. The van der Waals surface area contributed by atoms with Crippen molar-refractivity contribution in [1.29, 1.82) is 0 Å². The highest BCUT2D eigenvalue weighted by Gasteiger charge is 2.29. The first-order valence-electron chi connectivity index (χ1n) is 9.86. The molecular weight excluding hydrogens is 512 g/mol. The Bertz CT molecular complexity index is 1020. The molecule has 0 aliphatic rings. The molecule has 0 atom stereocenters. The van der Waals surface area contributed by atoms with Crippen LogP contribution in [0.5, 0.6) is 0 Å². The molecule has 36 heavy (non-hydrogen) atoms. The van der Waals surface area contributed by atoms with Crippen molar-refractivity contribution < 1.29 is 54.2 Å². The molecule has 2 rings (SSSR count). The molecule has 198 valence electrons. The number of hydrogen-bond donors (Lipinski definition) is 4. The van der Waals surface area contributed by atoms with Crippen molar-refractivity contribution in [2.24, 2.45) is 0 Å². The molecule has 2 aromatic rings. The Morgan fingerprint density at radius 1 is 0.528 bits per heavy atom. The fraction of sp³-hybridized carbons (Fsp3) is 0.300. The van der Waals surface area contributed by atoms with Crippen molar-refractivity contribution in [3.05, 3.63) is 57.7 Å². The van der Waals surface area contributed by atoms with E-state index in [1.54, 1.807) is 0 Å². The molecule has 0 radical (unpaired) electrons. The standard InChI is InChI=1S/C20H18F8N4O4/c21-9-7(10(22)14(26)17(29)13(9)25)19(33)31-1-3-35-5-6-36-4-2-32-20(34)8-11(23)15(27)18(30)16(28)12(8)24/h1-6,29-30H2,(H,31,33)(H,32,34). The van der Waals surface area contributed by atoms with Crippen LogP contribution in [0.2, 0.25) is 0 Å². The maximum absolute atomic E-state index is 13.7. The topological polar surface area (TPSA) is 129 Å². The minimum Gasteiger partial charge on any atom is -0.394 e. The van der Waals surface area contributed by atoms with Crippen molar-refractivity contribution in [3.63, 3.8) is 0 Å². The zero-order valence-electron chi connectivity index (χ0n) is 18.1. The van der Waals surface area contributed by atoms with E-state index in [0.717, 1.165) is 0 Å². The number of halogens is 8. The van der Waals surface area contributed by atoms with Gasteiger partial charge in [0.05, 0.1) is 26.4 Å². The van der Waals surface area contributed by atoms with Crippen molar-refractivity contribution in [1.82, 2.24) is 10.6 Å². The van der Waals surface area contributed by atoms with Crippen LogP contribution < -0.4 is 22.1 Å². The summed E-state index contributed by atoms with van der Waals surface area (Å²) in [5.74, 6) is -18.4. The highest BCUT2D eigenvalue weighted by molar-refractivity contribution is 5.95. The minimum absolute atomic E-state index is 0.0880. The largest absolute Gasteiger partial charge is 0.394 e. The highest BCUT2D eigenvalue weighted by atomic mass is 19.2. The molecule has 6 N–H and O–H groups in total. The SMILES string of the molecule is Nc1c(F)c(F)c(C(=O)NCCOCCOCCNC(=O)c2c(F)c(F)c(N)c(F)c2F)c(F)c1F. The molecule has 2 amide bonds. The van der Waals surface area contributed by atoms with Gasteiger partial charge in [-0.05, 0) is 0 Å². The third kappa shape index (κ3) is 6.12. The van der Waals surface area contributed by atoms with Crippen LogP contribution in [0.15, 0.2) is 0 Å². The van der Waals surface area contributed by atoms with Gasteiger partial charge in [-0.25, -0.2) is 35.1 Å². The molecule has 0 aliphatic carbocycles. The van der Waals surface area contributed by atoms with Crippen molar-refractivity contribution in [3.8, 4) is 0 Å².